The summed E-state index contributed by atoms with van der Waals surface area (Å²) in [6.45, 7) is 0. The number of fused-ring (bicyclic) bond motifs is 16. The van der Waals surface area contributed by atoms with Crippen LogP contribution < -0.4 is 4.74 Å². The fourth-order valence-electron chi connectivity index (χ4n) is 10.2. The van der Waals surface area contributed by atoms with Crippen molar-refractivity contribution < 1.29 is 4.74 Å². The van der Waals surface area contributed by atoms with Crippen molar-refractivity contribution in [3.05, 3.63) is 239 Å². The summed E-state index contributed by atoms with van der Waals surface area (Å²) in [7, 11) is 0. The Balaban J connectivity index is 1.16. The van der Waals surface area contributed by atoms with E-state index in [1.165, 1.54) is 44.5 Å². The lowest BCUT2D eigenvalue weighted by Gasteiger charge is -2.51. The molecule has 12 rings (SSSR count). The maximum absolute atomic E-state index is 6.97. The molecule has 0 saturated heterocycles. The van der Waals surface area contributed by atoms with Gasteiger partial charge in [0.15, 0.2) is 5.82 Å². The number of hydrogen-bond donors (Lipinski definition) is 0. The molecule has 0 radical (unpaired) electrons. The normalized spacial score (nSPS) is 14.6. The van der Waals surface area contributed by atoms with Gasteiger partial charge in [0.2, 0.25) is 0 Å². The van der Waals surface area contributed by atoms with Crippen LogP contribution in [0.5, 0.6) is 11.5 Å². The Morgan fingerprint density at radius 3 is 1.49 bits per heavy atom. The van der Waals surface area contributed by atoms with Gasteiger partial charge in [0.1, 0.15) is 11.5 Å². The first-order valence-electron chi connectivity index (χ1n) is 18.9. The summed E-state index contributed by atoms with van der Waals surface area (Å²) in [5.41, 5.74) is 15.2. The first-order chi connectivity index (χ1) is 27.3. The van der Waals surface area contributed by atoms with Crippen molar-refractivity contribution in [2.45, 2.75) is 10.8 Å². The molecular formula is C52H32N2O. The molecule has 0 unspecified atom stereocenters. The van der Waals surface area contributed by atoms with Gasteiger partial charge in [-0.15, -0.1) is 0 Å². The van der Waals surface area contributed by atoms with E-state index in [1.807, 2.05) is 18.2 Å². The third-order valence-corrected chi connectivity index (χ3v) is 12.2. The van der Waals surface area contributed by atoms with Crippen LogP contribution in [0.15, 0.2) is 194 Å². The largest absolute Gasteiger partial charge is 0.457 e. The van der Waals surface area contributed by atoms with Gasteiger partial charge in [-0.05, 0) is 62.7 Å². The average Bonchev–Trinajstić information content (AvgIpc) is 3.55. The molecule has 0 saturated carbocycles. The van der Waals surface area contributed by atoms with Gasteiger partial charge in [-0.2, -0.15) is 0 Å². The van der Waals surface area contributed by atoms with Crippen LogP contribution in [0.25, 0.3) is 44.7 Å². The number of para-hydroxylation sites is 2. The molecule has 3 aliphatic rings. The van der Waals surface area contributed by atoms with Gasteiger partial charge < -0.3 is 4.74 Å². The lowest BCUT2D eigenvalue weighted by Crippen LogP contribution is -2.45. The zero-order valence-electron chi connectivity index (χ0n) is 29.8. The number of nitrogens with zero attached hydrogens (tertiary/aromatic N) is 2. The number of ether oxygens (including phenoxy) is 1. The van der Waals surface area contributed by atoms with Crippen LogP contribution in [0.1, 0.15) is 44.5 Å². The van der Waals surface area contributed by atoms with E-state index < -0.39 is 10.8 Å². The lowest BCUT2D eigenvalue weighted by molar-refractivity contribution is 0.429. The first-order valence-corrected chi connectivity index (χ1v) is 18.9. The zero-order valence-corrected chi connectivity index (χ0v) is 29.8. The molecule has 0 N–H and O–H groups in total. The zero-order chi connectivity index (χ0) is 36.1. The highest BCUT2D eigenvalue weighted by atomic mass is 16.5. The Labute approximate surface area is 319 Å². The van der Waals surface area contributed by atoms with E-state index in [-0.39, 0.29) is 0 Å². The van der Waals surface area contributed by atoms with Gasteiger partial charge in [-0.3, -0.25) is 0 Å². The molecule has 3 nitrogen and oxygen atoms in total. The minimum absolute atomic E-state index is 0.494. The van der Waals surface area contributed by atoms with Crippen LogP contribution in [-0.4, -0.2) is 9.97 Å². The number of aromatic nitrogens is 2. The Morgan fingerprint density at radius 2 is 0.836 bits per heavy atom. The summed E-state index contributed by atoms with van der Waals surface area (Å²) in [5.74, 6) is 2.32. The first kappa shape index (κ1) is 30.4. The average molecular weight is 701 g/mol. The van der Waals surface area contributed by atoms with Gasteiger partial charge in [-0.1, -0.05) is 176 Å². The number of rotatable bonds is 2. The highest BCUT2D eigenvalue weighted by Gasteiger charge is 2.58. The molecule has 0 atom stereocenters. The molecule has 2 aliphatic carbocycles. The summed E-state index contributed by atoms with van der Waals surface area (Å²) >= 11 is 0. The minimum Gasteiger partial charge on any atom is -0.457 e. The molecule has 55 heavy (non-hydrogen) atoms. The monoisotopic (exact) mass is 700 g/mol. The summed E-state index contributed by atoms with van der Waals surface area (Å²) in [6.07, 6.45) is 0. The van der Waals surface area contributed by atoms with E-state index in [9.17, 15) is 0 Å². The molecule has 0 bridgehead atoms. The second kappa shape index (κ2) is 11.2. The molecule has 1 aromatic heterocycles. The minimum atomic E-state index is -0.660. The molecule has 2 heterocycles. The third-order valence-electron chi connectivity index (χ3n) is 12.2. The summed E-state index contributed by atoms with van der Waals surface area (Å²) in [5, 5.41) is 1.03. The smallest absolute Gasteiger partial charge is 0.160 e. The van der Waals surface area contributed by atoms with Gasteiger partial charge in [0.25, 0.3) is 0 Å². The molecule has 2 spiro atoms. The van der Waals surface area contributed by atoms with Crippen molar-refractivity contribution >= 4 is 10.9 Å². The van der Waals surface area contributed by atoms with E-state index in [4.69, 9.17) is 14.7 Å². The number of hydrogen-bond acceptors (Lipinski definition) is 3. The Morgan fingerprint density at radius 1 is 0.345 bits per heavy atom. The van der Waals surface area contributed by atoms with Crippen LogP contribution >= 0.6 is 0 Å². The molecule has 9 aromatic rings. The second-order valence-corrected chi connectivity index (χ2v) is 14.8. The molecule has 0 fully saturated rings. The van der Waals surface area contributed by atoms with Crippen LogP contribution in [0.2, 0.25) is 0 Å². The van der Waals surface area contributed by atoms with E-state index in [0.29, 0.717) is 5.82 Å². The van der Waals surface area contributed by atoms with Crippen molar-refractivity contribution in [1.29, 1.82) is 0 Å². The van der Waals surface area contributed by atoms with Crippen LogP contribution in [0.4, 0.5) is 0 Å². The van der Waals surface area contributed by atoms with Crippen molar-refractivity contribution in [2.24, 2.45) is 0 Å². The van der Waals surface area contributed by atoms with E-state index in [2.05, 4.69) is 176 Å². The van der Waals surface area contributed by atoms with Crippen molar-refractivity contribution in [3.8, 4) is 45.3 Å². The molecule has 8 aromatic carbocycles. The van der Waals surface area contributed by atoms with Crippen molar-refractivity contribution in [1.82, 2.24) is 9.97 Å². The fourth-order valence-corrected chi connectivity index (χ4v) is 10.2. The van der Waals surface area contributed by atoms with Crippen LogP contribution in [0, 0.1) is 0 Å². The highest BCUT2D eigenvalue weighted by molar-refractivity contribution is 5.94. The third kappa shape index (κ3) is 3.89. The van der Waals surface area contributed by atoms with Crippen molar-refractivity contribution in [2.75, 3.05) is 0 Å². The Bertz CT molecular complexity index is 2940. The maximum atomic E-state index is 6.97. The summed E-state index contributed by atoms with van der Waals surface area (Å²) < 4.78 is 6.97. The maximum Gasteiger partial charge on any atom is 0.160 e. The Kier molecular flexibility index (Phi) is 6.19. The lowest BCUT2D eigenvalue weighted by atomic mass is 9.51. The van der Waals surface area contributed by atoms with Gasteiger partial charge >= 0.3 is 0 Å². The molecule has 0 amide bonds. The Hall–Kier alpha value is -7.10. The SMILES string of the molecule is c1ccc(-c2nc(-c3ccc4c(c3)Oc3ccccc3C43c4ccccc4C4(c5ccccc5-c5ccccc54)c4ccccc43)nc3ccccc23)cc1. The predicted octanol–water partition coefficient (Wildman–Crippen LogP) is 12.1. The van der Waals surface area contributed by atoms with Gasteiger partial charge in [0.05, 0.1) is 22.0 Å². The van der Waals surface area contributed by atoms with Crippen molar-refractivity contribution in [3.63, 3.8) is 0 Å². The summed E-state index contributed by atoms with van der Waals surface area (Å²) in [4.78, 5) is 10.4. The highest BCUT2D eigenvalue weighted by Crippen LogP contribution is 2.67. The summed E-state index contributed by atoms with van der Waals surface area (Å²) in [6, 6.07) is 70.1. The van der Waals surface area contributed by atoms with E-state index in [1.54, 1.807) is 0 Å². The standard InChI is InChI=1S/C52H32N2O/c1-2-16-33(17-3-1)49-37-20-6-14-28-46(37)53-50(54-49)34-30-31-45-48(32-34)55-47-29-15-13-27-44(47)52(45)42-25-11-9-23-40(42)51(41-24-10-12-26-43(41)52)38-21-7-4-18-35(38)36-19-5-8-22-39(36)51/h1-32H. The number of benzene rings is 8. The van der Waals surface area contributed by atoms with Crippen LogP contribution in [-0.2, 0) is 10.8 Å². The topological polar surface area (TPSA) is 35.0 Å². The van der Waals surface area contributed by atoms with Gasteiger partial charge in [-0.25, -0.2) is 9.97 Å². The van der Waals surface area contributed by atoms with Gasteiger partial charge in [0, 0.05) is 27.6 Å². The van der Waals surface area contributed by atoms with E-state index >= 15 is 0 Å². The predicted molar refractivity (Wildman–Crippen MR) is 220 cm³/mol. The molecule has 1 aliphatic heterocycles. The fraction of sp³-hybridized carbons (Fsp3) is 0.0385. The second-order valence-electron chi connectivity index (χ2n) is 14.8. The van der Waals surface area contributed by atoms with E-state index in [0.717, 1.165) is 50.3 Å². The van der Waals surface area contributed by atoms with Crippen LogP contribution in [0.3, 0.4) is 0 Å². The quantitative estimate of drug-likeness (QED) is 0.180. The molecular weight excluding hydrogens is 669 g/mol. The molecule has 256 valence electrons. The molecule has 3 heteroatoms.